The number of phenolic OH excluding ortho intramolecular Hbond substituents is 1. The van der Waals surface area contributed by atoms with E-state index in [1.54, 1.807) is 4.68 Å². The van der Waals surface area contributed by atoms with Gasteiger partial charge in [0.15, 0.2) is 0 Å². The van der Waals surface area contributed by atoms with Gasteiger partial charge in [0.1, 0.15) is 17.0 Å². The van der Waals surface area contributed by atoms with Gasteiger partial charge in [0.25, 0.3) is 0 Å². The van der Waals surface area contributed by atoms with Crippen molar-refractivity contribution in [3.05, 3.63) is 47.5 Å². The van der Waals surface area contributed by atoms with Gasteiger partial charge in [-0.2, -0.15) is 0 Å². The first-order valence-corrected chi connectivity index (χ1v) is 8.90. The predicted octanol–water partition coefficient (Wildman–Crippen LogP) is 4.81. The van der Waals surface area contributed by atoms with Crippen LogP contribution in [-0.2, 0) is 12.8 Å². The minimum atomic E-state index is 0.333. The quantitative estimate of drug-likeness (QED) is 0.678. The number of unbranched alkanes of at least 4 members (excludes halogenated alkanes) is 2. The highest BCUT2D eigenvalue weighted by atomic mass is 16.3. The zero-order chi connectivity index (χ0) is 16.9. The molecule has 0 unspecified atom stereocenters. The molecule has 24 heavy (non-hydrogen) atoms. The first-order valence-electron chi connectivity index (χ1n) is 8.90. The van der Waals surface area contributed by atoms with Crippen LogP contribution in [0.1, 0.15) is 50.7 Å². The smallest absolute Gasteiger partial charge is 0.144 e. The van der Waals surface area contributed by atoms with Crippen molar-refractivity contribution in [2.24, 2.45) is 0 Å². The number of fused-ring (bicyclic) bond motifs is 1. The zero-order valence-corrected chi connectivity index (χ0v) is 14.5. The second kappa shape index (κ2) is 7.47. The summed E-state index contributed by atoms with van der Waals surface area (Å²) in [4.78, 5) is 0. The average Bonchev–Trinajstić information content (AvgIpc) is 3.03. The lowest BCUT2D eigenvalue weighted by Gasteiger charge is -2.13. The lowest BCUT2D eigenvalue weighted by Crippen LogP contribution is -2.02. The normalized spacial score (nSPS) is 11.2. The molecular formula is C20H25N3O. The Morgan fingerprint density at radius 3 is 2.54 bits per heavy atom. The van der Waals surface area contributed by atoms with Crippen LogP contribution in [0.4, 0.5) is 0 Å². The van der Waals surface area contributed by atoms with Crippen LogP contribution in [-0.4, -0.2) is 20.1 Å². The molecule has 0 spiro atoms. The highest BCUT2D eigenvalue weighted by molar-refractivity contribution is 5.76. The highest BCUT2D eigenvalue weighted by Gasteiger charge is 2.15. The minimum absolute atomic E-state index is 0.333. The molecule has 0 saturated carbocycles. The maximum absolute atomic E-state index is 10.8. The first kappa shape index (κ1) is 16.5. The van der Waals surface area contributed by atoms with Crippen LogP contribution in [0.2, 0.25) is 0 Å². The van der Waals surface area contributed by atoms with Crippen LogP contribution in [0, 0.1) is 0 Å². The summed E-state index contributed by atoms with van der Waals surface area (Å²) in [6.45, 7) is 4.37. The van der Waals surface area contributed by atoms with Crippen molar-refractivity contribution in [3.63, 3.8) is 0 Å². The summed E-state index contributed by atoms with van der Waals surface area (Å²) in [5, 5.41) is 19.3. The fraction of sp³-hybridized carbons (Fsp3) is 0.400. The van der Waals surface area contributed by atoms with Gasteiger partial charge in [-0.05, 0) is 55.0 Å². The number of phenols is 1. The summed E-state index contributed by atoms with van der Waals surface area (Å²) in [6, 6.07) is 12.1. The molecule has 0 radical (unpaired) electrons. The monoisotopic (exact) mass is 323 g/mol. The van der Waals surface area contributed by atoms with Crippen molar-refractivity contribution < 1.29 is 5.11 Å². The standard InChI is InChI=1S/C20H25N3O/c1-3-5-9-15-13-16(10-6-4-2)20(24)19(14-15)23-18-12-8-7-11-17(18)21-22-23/h7-8,11-14,24H,3-6,9-10H2,1-2H3. The fourth-order valence-corrected chi connectivity index (χ4v) is 3.03. The second-order valence-corrected chi connectivity index (χ2v) is 6.32. The summed E-state index contributed by atoms with van der Waals surface area (Å²) < 4.78 is 1.76. The number of nitrogens with zero attached hydrogens (tertiary/aromatic N) is 3. The second-order valence-electron chi connectivity index (χ2n) is 6.32. The van der Waals surface area contributed by atoms with Crippen molar-refractivity contribution in [1.82, 2.24) is 15.0 Å². The molecule has 0 aliphatic carbocycles. The molecule has 3 rings (SSSR count). The lowest BCUT2D eigenvalue weighted by molar-refractivity contribution is 0.461. The van der Waals surface area contributed by atoms with Crippen molar-refractivity contribution in [2.45, 2.75) is 52.4 Å². The molecule has 0 bridgehead atoms. The topological polar surface area (TPSA) is 50.9 Å². The summed E-state index contributed by atoms with van der Waals surface area (Å²) in [6.07, 6.45) is 6.41. The number of aryl methyl sites for hydroxylation is 2. The Morgan fingerprint density at radius 1 is 1.00 bits per heavy atom. The maximum Gasteiger partial charge on any atom is 0.144 e. The molecule has 4 nitrogen and oxygen atoms in total. The van der Waals surface area contributed by atoms with Gasteiger partial charge in [-0.1, -0.05) is 50.1 Å². The van der Waals surface area contributed by atoms with Crippen molar-refractivity contribution in [2.75, 3.05) is 0 Å². The zero-order valence-electron chi connectivity index (χ0n) is 14.5. The van der Waals surface area contributed by atoms with E-state index in [-0.39, 0.29) is 0 Å². The van der Waals surface area contributed by atoms with Crippen molar-refractivity contribution in [3.8, 4) is 11.4 Å². The number of hydrogen-bond donors (Lipinski definition) is 1. The van der Waals surface area contributed by atoms with Gasteiger partial charge in [-0.25, -0.2) is 4.68 Å². The number of aromatic nitrogens is 3. The molecule has 0 amide bonds. The average molecular weight is 323 g/mol. The van der Waals surface area contributed by atoms with Gasteiger partial charge in [-0.15, -0.1) is 5.10 Å². The van der Waals surface area contributed by atoms with E-state index < -0.39 is 0 Å². The Kier molecular flexibility index (Phi) is 5.14. The number of hydrogen-bond acceptors (Lipinski definition) is 3. The van der Waals surface area contributed by atoms with Gasteiger partial charge in [-0.3, -0.25) is 0 Å². The van der Waals surface area contributed by atoms with Crippen LogP contribution in [0.25, 0.3) is 16.7 Å². The SMILES string of the molecule is CCCCc1cc(CCCC)c(O)c(-n2nnc3ccccc32)c1. The Hall–Kier alpha value is -2.36. The van der Waals surface area contributed by atoms with E-state index in [1.165, 1.54) is 5.56 Å². The lowest BCUT2D eigenvalue weighted by atomic mass is 9.99. The molecule has 1 aromatic heterocycles. The van der Waals surface area contributed by atoms with Crippen LogP contribution in [0.3, 0.4) is 0 Å². The van der Waals surface area contributed by atoms with Gasteiger partial charge in [0.05, 0.1) is 5.52 Å². The van der Waals surface area contributed by atoms with E-state index in [4.69, 9.17) is 0 Å². The van der Waals surface area contributed by atoms with Crippen LogP contribution < -0.4 is 0 Å². The molecule has 3 aromatic rings. The van der Waals surface area contributed by atoms with Gasteiger partial charge in [0.2, 0.25) is 0 Å². The molecule has 0 saturated heterocycles. The molecule has 1 heterocycles. The molecule has 0 fully saturated rings. The summed E-state index contributed by atoms with van der Waals surface area (Å²) >= 11 is 0. The molecule has 0 atom stereocenters. The first-order chi connectivity index (χ1) is 11.7. The van der Waals surface area contributed by atoms with Crippen LogP contribution in [0.15, 0.2) is 36.4 Å². The summed E-state index contributed by atoms with van der Waals surface area (Å²) in [5.74, 6) is 0.333. The molecule has 4 heteroatoms. The van der Waals surface area contributed by atoms with Gasteiger partial charge >= 0.3 is 0 Å². The molecule has 0 aliphatic rings. The maximum atomic E-state index is 10.8. The van der Waals surface area contributed by atoms with Crippen LogP contribution in [0.5, 0.6) is 5.75 Å². The van der Waals surface area contributed by atoms with E-state index in [1.807, 2.05) is 24.3 Å². The minimum Gasteiger partial charge on any atom is -0.505 e. The summed E-state index contributed by atoms with van der Waals surface area (Å²) in [5.41, 5.74) is 4.77. The molecule has 126 valence electrons. The predicted molar refractivity (Wildman–Crippen MR) is 97.8 cm³/mol. The van der Waals surface area contributed by atoms with Crippen molar-refractivity contribution >= 4 is 11.0 Å². The van der Waals surface area contributed by atoms with E-state index >= 15 is 0 Å². The number of rotatable bonds is 7. The van der Waals surface area contributed by atoms with E-state index in [0.717, 1.165) is 60.8 Å². The van der Waals surface area contributed by atoms with E-state index in [9.17, 15) is 5.11 Å². The Morgan fingerprint density at radius 2 is 1.75 bits per heavy atom. The molecular weight excluding hydrogens is 298 g/mol. The van der Waals surface area contributed by atoms with E-state index in [0.29, 0.717) is 5.75 Å². The Balaban J connectivity index is 2.10. The third-order valence-electron chi connectivity index (χ3n) is 4.43. The summed E-state index contributed by atoms with van der Waals surface area (Å²) in [7, 11) is 0. The Labute approximate surface area is 143 Å². The number of aromatic hydroxyl groups is 1. The Bertz CT molecular complexity index is 823. The largest absolute Gasteiger partial charge is 0.505 e. The number of para-hydroxylation sites is 1. The highest BCUT2D eigenvalue weighted by Crippen LogP contribution is 2.31. The molecule has 0 aliphatic heterocycles. The van der Waals surface area contributed by atoms with Gasteiger partial charge in [0, 0.05) is 0 Å². The van der Waals surface area contributed by atoms with Gasteiger partial charge < -0.3 is 5.11 Å². The van der Waals surface area contributed by atoms with E-state index in [2.05, 4.69) is 36.3 Å². The third-order valence-corrected chi connectivity index (χ3v) is 4.43. The van der Waals surface area contributed by atoms with Crippen LogP contribution >= 0.6 is 0 Å². The molecule has 1 N–H and O–H groups in total. The third kappa shape index (κ3) is 3.28. The molecule has 2 aromatic carbocycles. The van der Waals surface area contributed by atoms with Crippen molar-refractivity contribution in [1.29, 1.82) is 0 Å². The number of benzene rings is 2. The fourth-order valence-electron chi connectivity index (χ4n) is 3.03.